The minimum atomic E-state index is 0.405. The summed E-state index contributed by atoms with van der Waals surface area (Å²) in [5.41, 5.74) is 1.38. The molecule has 0 spiro atoms. The van der Waals surface area contributed by atoms with Gasteiger partial charge in [0.05, 0.1) is 6.10 Å². The van der Waals surface area contributed by atoms with Crippen molar-refractivity contribution >= 4 is 0 Å². The quantitative estimate of drug-likeness (QED) is 0.829. The Hall–Kier alpha value is -0.900. The fraction of sp³-hybridized carbons (Fsp3) is 0.647. The molecule has 0 aromatic heterocycles. The fourth-order valence-electron chi connectivity index (χ4n) is 2.79. The number of rotatable bonds is 7. The lowest BCUT2D eigenvalue weighted by atomic mass is 10.0. The third-order valence-electron chi connectivity index (χ3n) is 3.95. The van der Waals surface area contributed by atoms with Gasteiger partial charge in [-0.3, -0.25) is 4.90 Å². The van der Waals surface area contributed by atoms with Gasteiger partial charge in [0.2, 0.25) is 0 Å². The van der Waals surface area contributed by atoms with Crippen LogP contribution in [0.1, 0.15) is 38.3 Å². The number of nitrogens with one attached hydrogen (secondary N) is 1. The minimum absolute atomic E-state index is 0.405. The van der Waals surface area contributed by atoms with Crippen molar-refractivity contribution in [1.82, 2.24) is 10.2 Å². The number of likely N-dealkylation sites (N-methyl/N-ethyl adjacent to an activating group) is 1. The van der Waals surface area contributed by atoms with E-state index in [9.17, 15) is 0 Å². The van der Waals surface area contributed by atoms with E-state index in [1.807, 2.05) is 0 Å². The molecule has 0 saturated carbocycles. The summed E-state index contributed by atoms with van der Waals surface area (Å²) < 4.78 is 5.77. The summed E-state index contributed by atoms with van der Waals surface area (Å²) in [6.07, 6.45) is 2.81. The maximum Gasteiger partial charge on any atom is 0.0702 e. The molecule has 0 aliphatic carbocycles. The third kappa shape index (κ3) is 4.58. The lowest BCUT2D eigenvalue weighted by molar-refractivity contribution is 0.0673. The number of nitrogens with zero attached hydrogens (tertiary/aromatic N) is 1. The van der Waals surface area contributed by atoms with E-state index < -0.39 is 0 Å². The van der Waals surface area contributed by atoms with Gasteiger partial charge in [0.15, 0.2) is 0 Å². The summed E-state index contributed by atoms with van der Waals surface area (Å²) in [5.74, 6) is 0. The van der Waals surface area contributed by atoms with Crippen molar-refractivity contribution in [1.29, 1.82) is 0 Å². The van der Waals surface area contributed by atoms with Gasteiger partial charge < -0.3 is 10.1 Å². The maximum absolute atomic E-state index is 5.77. The second-order valence-corrected chi connectivity index (χ2v) is 6.06. The van der Waals surface area contributed by atoms with Crippen LogP contribution >= 0.6 is 0 Å². The third-order valence-corrected chi connectivity index (χ3v) is 3.95. The van der Waals surface area contributed by atoms with Crippen LogP contribution in [0.25, 0.3) is 0 Å². The molecular formula is C17H28N2O. The monoisotopic (exact) mass is 276 g/mol. The first-order chi connectivity index (χ1) is 9.66. The van der Waals surface area contributed by atoms with Gasteiger partial charge in [-0.1, -0.05) is 44.2 Å². The second-order valence-electron chi connectivity index (χ2n) is 6.06. The normalized spacial score (nSPS) is 20.8. The highest BCUT2D eigenvalue weighted by molar-refractivity contribution is 5.19. The molecule has 1 heterocycles. The smallest absolute Gasteiger partial charge is 0.0702 e. The Morgan fingerprint density at radius 2 is 2.05 bits per heavy atom. The van der Waals surface area contributed by atoms with E-state index in [2.05, 4.69) is 61.4 Å². The van der Waals surface area contributed by atoms with Gasteiger partial charge in [-0.25, -0.2) is 0 Å². The topological polar surface area (TPSA) is 24.5 Å². The van der Waals surface area contributed by atoms with E-state index in [-0.39, 0.29) is 0 Å². The van der Waals surface area contributed by atoms with Crippen LogP contribution in [0.5, 0.6) is 0 Å². The van der Waals surface area contributed by atoms with E-state index in [1.54, 1.807) is 0 Å². The number of benzene rings is 1. The van der Waals surface area contributed by atoms with Crippen LogP contribution in [-0.4, -0.2) is 43.8 Å². The van der Waals surface area contributed by atoms with Crippen LogP contribution in [0.15, 0.2) is 30.3 Å². The number of hydrogen-bond acceptors (Lipinski definition) is 3. The zero-order valence-corrected chi connectivity index (χ0v) is 13.0. The molecule has 2 atom stereocenters. The van der Waals surface area contributed by atoms with E-state index in [0.29, 0.717) is 18.2 Å². The standard InChI is InChI=1S/C17H28N2O/c1-14(2)18-12-17(15-8-5-4-6-9-15)19(3)13-16-10-7-11-20-16/h4-6,8-9,14,16-18H,7,10-13H2,1-3H3. The fourth-order valence-corrected chi connectivity index (χ4v) is 2.79. The molecule has 1 aromatic rings. The molecule has 20 heavy (non-hydrogen) atoms. The van der Waals surface area contributed by atoms with Gasteiger partial charge in [0.25, 0.3) is 0 Å². The molecule has 3 nitrogen and oxygen atoms in total. The van der Waals surface area contributed by atoms with Crippen molar-refractivity contribution in [3.63, 3.8) is 0 Å². The Bertz CT molecular complexity index is 374. The molecule has 1 aliphatic heterocycles. The largest absolute Gasteiger partial charge is 0.377 e. The summed E-state index contributed by atoms with van der Waals surface area (Å²) in [6.45, 7) is 7.31. The Kier molecular flexibility index (Phi) is 6.02. The first kappa shape index (κ1) is 15.5. The summed E-state index contributed by atoms with van der Waals surface area (Å²) >= 11 is 0. The molecule has 0 bridgehead atoms. The predicted molar refractivity (Wildman–Crippen MR) is 83.9 cm³/mol. The van der Waals surface area contributed by atoms with Gasteiger partial charge >= 0.3 is 0 Å². The van der Waals surface area contributed by atoms with Crippen LogP contribution in [0.4, 0.5) is 0 Å². The molecule has 1 aliphatic rings. The lowest BCUT2D eigenvalue weighted by Crippen LogP contribution is -2.39. The maximum atomic E-state index is 5.77. The molecule has 1 saturated heterocycles. The molecular weight excluding hydrogens is 248 g/mol. The Labute approximate surface area is 123 Å². The highest BCUT2D eigenvalue weighted by Gasteiger charge is 2.23. The van der Waals surface area contributed by atoms with E-state index >= 15 is 0 Å². The summed E-state index contributed by atoms with van der Waals surface area (Å²) in [5, 5.41) is 3.57. The lowest BCUT2D eigenvalue weighted by Gasteiger charge is -2.31. The molecule has 0 amide bonds. The van der Waals surface area contributed by atoms with Crippen molar-refractivity contribution < 1.29 is 4.74 Å². The van der Waals surface area contributed by atoms with Gasteiger partial charge in [0.1, 0.15) is 0 Å². The average Bonchev–Trinajstić information content (AvgIpc) is 2.92. The Morgan fingerprint density at radius 1 is 1.30 bits per heavy atom. The van der Waals surface area contributed by atoms with Crippen molar-refractivity contribution in [2.24, 2.45) is 0 Å². The number of ether oxygens (including phenoxy) is 1. The second kappa shape index (κ2) is 7.77. The Balaban J connectivity index is 2.00. The summed E-state index contributed by atoms with van der Waals surface area (Å²) in [6, 6.07) is 11.7. The van der Waals surface area contributed by atoms with Gasteiger partial charge in [0, 0.05) is 31.8 Å². The molecule has 2 unspecified atom stereocenters. The van der Waals surface area contributed by atoms with Crippen LogP contribution in [0.3, 0.4) is 0 Å². The van der Waals surface area contributed by atoms with Gasteiger partial charge in [-0.15, -0.1) is 0 Å². The van der Waals surface area contributed by atoms with Crippen LogP contribution in [0.2, 0.25) is 0 Å². The van der Waals surface area contributed by atoms with E-state index in [1.165, 1.54) is 18.4 Å². The van der Waals surface area contributed by atoms with Crippen LogP contribution in [-0.2, 0) is 4.74 Å². The summed E-state index contributed by atoms with van der Waals surface area (Å²) in [4.78, 5) is 2.43. The highest BCUT2D eigenvalue weighted by atomic mass is 16.5. The highest BCUT2D eigenvalue weighted by Crippen LogP contribution is 2.21. The van der Waals surface area contributed by atoms with E-state index in [4.69, 9.17) is 4.74 Å². The molecule has 1 N–H and O–H groups in total. The molecule has 112 valence electrons. The van der Waals surface area contributed by atoms with Crippen LogP contribution in [0, 0.1) is 0 Å². The van der Waals surface area contributed by atoms with Crippen molar-refractivity contribution in [2.45, 2.75) is 44.9 Å². The molecule has 3 heteroatoms. The van der Waals surface area contributed by atoms with Crippen molar-refractivity contribution in [3.05, 3.63) is 35.9 Å². The van der Waals surface area contributed by atoms with Crippen molar-refractivity contribution in [2.75, 3.05) is 26.7 Å². The summed E-state index contributed by atoms with van der Waals surface area (Å²) in [7, 11) is 2.21. The first-order valence-electron chi connectivity index (χ1n) is 7.77. The molecule has 1 fully saturated rings. The predicted octanol–water partition coefficient (Wildman–Crippen LogP) is 2.84. The molecule has 1 aromatic carbocycles. The molecule has 2 rings (SSSR count). The first-order valence-corrected chi connectivity index (χ1v) is 7.77. The van der Waals surface area contributed by atoms with Gasteiger partial charge in [-0.2, -0.15) is 0 Å². The van der Waals surface area contributed by atoms with Gasteiger partial charge in [-0.05, 0) is 25.5 Å². The minimum Gasteiger partial charge on any atom is -0.377 e. The zero-order valence-electron chi connectivity index (χ0n) is 13.0. The molecule has 0 radical (unpaired) electrons. The zero-order chi connectivity index (χ0) is 14.4. The van der Waals surface area contributed by atoms with Crippen LogP contribution < -0.4 is 5.32 Å². The SMILES string of the molecule is CC(C)NCC(c1ccccc1)N(C)CC1CCCO1. The van der Waals surface area contributed by atoms with Crippen molar-refractivity contribution in [3.8, 4) is 0 Å². The number of hydrogen-bond donors (Lipinski definition) is 1. The van der Waals surface area contributed by atoms with E-state index in [0.717, 1.165) is 19.7 Å². The Morgan fingerprint density at radius 3 is 2.65 bits per heavy atom. The average molecular weight is 276 g/mol.